The van der Waals surface area contributed by atoms with E-state index in [9.17, 15) is 4.39 Å². The molecule has 0 aliphatic heterocycles. The number of thioether (sulfide) groups is 1. The summed E-state index contributed by atoms with van der Waals surface area (Å²) in [7, 11) is 0. The molecule has 2 N–H and O–H groups in total. The van der Waals surface area contributed by atoms with E-state index in [-0.39, 0.29) is 5.82 Å². The van der Waals surface area contributed by atoms with Crippen molar-refractivity contribution >= 4 is 28.4 Å². The second-order valence-electron chi connectivity index (χ2n) is 5.59. The fraction of sp³-hybridized carbons (Fsp3) is 0.158. The van der Waals surface area contributed by atoms with Crippen molar-refractivity contribution in [3.63, 3.8) is 0 Å². The molecule has 0 atom stereocenters. The number of amidine groups is 1. The minimum absolute atomic E-state index is 0.291. The first-order valence-electron chi connectivity index (χ1n) is 7.85. The molecule has 0 saturated heterocycles. The molecule has 2 aromatic carbocycles. The van der Waals surface area contributed by atoms with Crippen LogP contribution in [-0.4, -0.2) is 21.6 Å². The number of para-hydroxylation sites is 1. The molecule has 3 aromatic rings. The smallest absolute Gasteiger partial charge is 0.184 e. The van der Waals surface area contributed by atoms with Gasteiger partial charge in [-0.1, -0.05) is 48.2 Å². The summed E-state index contributed by atoms with van der Waals surface area (Å²) in [6.07, 6.45) is 1.94. The third-order valence-corrected chi connectivity index (χ3v) is 4.44. The number of anilines is 1. The molecular weight excluding hydrogens is 335 g/mol. The Morgan fingerprint density at radius 3 is 2.56 bits per heavy atom. The van der Waals surface area contributed by atoms with Gasteiger partial charge in [0.25, 0.3) is 0 Å². The molecule has 0 aliphatic rings. The highest BCUT2D eigenvalue weighted by Gasteiger charge is 2.16. The Morgan fingerprint density at radius 1 is 1.12 bits per heavy atom. The third-order valence-electron chi connectivity index (χ3n) is 3.86. The Labute approximate surface area is 150 Å². The number of H-pyrrole nitrogens is 1. The summed E-state index contributed by atoms with van der Waals surface area (Å²) in [5, 5.41) is 11.2. The van der Waals surface area contributed by atoms with E-state index < -0.39 is 0 Å². The Balaban J connectivity index is 2.00. The topological polar surface area (TPSA) is 53.1 Å². The maximum absolute atomic E-state index is 14.2. The Kier molecular flexibility index (Phi) is 5.19. The number of aromatic amines is 1. The standard InChI is InChI=1S/C19H19FN4S/c1-12-8-4-7-11-16(12)21-19(25-3)22-18-17(13(2)23-24-18)14-9-5-6-10-15(14)20/h4-11H,1-3H3,(H2,21,22,23,24). The summed E-state index contributed by atoms with van der Waals surface area (Å²) < 4.78 is 14.2. The number of nitrogens with zero attached hydrogens (tertiary/aromatic N) is 2. The van der Waals surface area contributed by atoms with E-state index in [0.717, 1.165) is 16.9 Å². The molecule has 0 bridgehead atoms. The molecule has 0 aliphatic carbocycles. The lowest BCUT2D eigenvalue weighted by molar-refractivity contribution is 0.631. The second kappa shape index (κ2) is 7.53. The van der Waals surface area contributed by atoms with Crippen molar-refractivity contribution in [3.8, 4) is 11.1 Å². The summed E-state index contributed by atoms with van der Waals surface area (Å²) in [5.41, 5.74) is 4.05. The summed E-state index contributed by atoms with van der Waals surface area (Å²) in [5.74, 6) is 0.175. The average Bonchev–Trinajstić information content (AvgIpc) is 2.97. The lowest BCUT2D eigenvalue weighted by Crippen LogP contribution is -2.08. The van der Waals surface area contributed by atoms with E-state index in [1.54, 1.807) is 18.2 Å². The van der Waals surface area contributed by atoms with Gasteiger partial charge in [-0.05, 0) is 37.8 Å². The van der Waals surface area contributed by atoms with Crippen molar-refractivity contribution in [2.45, 2.75) is 13.8 Å². The van der Waals surface area contributed by atoms with Crippen LogP contribution >= 0.6 is 11.8 Å². The van der Waals surface area contributed by atoms with Crippen LogP contribution in [0, 0.1) is 19.7 Å². The molecule has 6 heteroatoms. The van der Waals surface area contributed by atoms with Crippen molar-refractivity contribution in [1.29, 1.82) is 0 Å². The molecule has 1 heterocycles. The zero-order chi connectivity index (χ0) is 17.8. The van der Waals surface area contributed by atoms with Gasteiger partial charge >= 0.3 is 0 Å². The molecule has 128 valence electrons. The van der Waals surface area contributed by atoms with Gasteiger partial charge in [0.05, 0.1) is 5.56 Å². The summed E-state index contributed by atoms with van der Waals surface area (Å²) >= 11 is 1.48. The van der Waals surface area contributed by atoms with Crippen molar-refractivity contribution in [2.24, 2.45) is 4.99 Å². The molecule has 0 radical (unpaired) electrons. The number of rotatable bonds is 3. The molecule has 4 nitrogen and oxygen atoms in total. The van der Waals surface area contributed by atoms with Crippen LogP contribution in [0.4, 0.5) is 15.9 Å². The minimum Gasteiger partial charge on any atom is -0.334 e. The number of aromatic nitrogens is 2. The monoisotopic (exact) mass is 354 g/mol. The van der Waals surface area contributed by atoms with Gasteiger partial charge in [-0.3, -0.25) is 5.10 Å². The SMILES string of the molecule is CSC(=Nc1n[nH]c(C)c1-c1ccccc1F)Nc1ccccc1C. The summed E-state index contributed by atoms with van der Waals surface area (Å²) in [4.78, 5) is 4.61. The molecule has 0 saturated carbocycles. The van der Waals surface area contributed by atoms with Gasteiger partial charge in [-0.2, -0.15) is 5.10 Å². The van der Waals surface area contributed by atoms with Gasteiger partial charge < -0.3 is 5.32 Å². The fourth-order valence-corrected chi connectivity index (χ4v) is 2.92. The largest absolute Gasteiger partial charge is 0.334 e. The van der Waals surface area contributed by atoms with Crippen molar-refractivity contribution in [3.05, 3.63) is 65.6 Å². The number of benzene rings is 2. The molecule has 0 spiro atoms. The summed E-state index contributed by atoms with van der Waals surface area (Å²) in [6, 6.07) is 14.6. The van der Waals surface area contributed by atoms with Crippen LogP contribution in [0.15, 0.2) is 53.5 Å². The second-order valence-corrected chi connectivity index (χ2v) is 6.38. The molecular formula is C19H19FN4S. The predicted molar refractivity (Wildman–Crippen MR) is 104 cm³/mol. The van der Waals surface area contributed by atoms with Gasteiger partial charge in [-0.25, -0.2) is 9.38 Å². The first kappa shape index (κ1) is 17.2. The number of halogens is 1. The first-order valence-corrected chi connectivity index (χ1v) is 9.08. The highest BCUT2D eigenvalue weighted by Crippen LogP contribution is 2.33. The number of hydrogen-bond donors (Lipinski definition) is 2. The number of hydrogen-bond acceptors (Lipinski definition) is 3. The Morgan fingerprint density at radius 2 is 1.84 bits per heavy atom. The van der Waals surface area contributed by atoms with E-state index in [1.165, 1.54) is 17.8 Å². The number of aliphatic imine (C=N–C) groups is 1. The summed E-state index contributed by atoms with van der Waals surface area (Å²) in [6.45, 7) is 3.89. The molecule has 1 aromatic heterocycles. The lowest BCUT2D eigenvalue weighted by Gasteiger charge is -2.10. The van der Waals surface area contributed by atoms with Gasteiger partial charge in [0.15, 0.2) is 11.0 Å². The van der Waals surface area contributed by atoms with Crippen molar-refractivity contribution < 1.29 is 4.39 Å². The first-order chi connectivity index (χ1) is 12.1. The molecule has 0 amide bonds. The van der Waals surface area contributed by atoms with E-state index in [4.69, 9.17) is 0 Å². The zero-order valence-electron chi connectivity index (χ0n) is 14.3. The minimum atomic E-state index is -0.291. The van der Waals surface area contributed by atoms with Crippen LogP contribution in [0.5, 0.6) is 0 Å². The predicted octanol–water partition coefficient (Wildman–Crippen LogP) is 5.30. The van der Waals surface area contributed by atoms with Crippen LogP contribution in [0.25, 0.3) is 11.1 Å². The van der Waals surface area contributed by atoms with Gasteiger partial charge in [0.1, 0.15) is 5.82 Å². The quantitative estimate of drug-likeness (QED) is 0.496. The Bertz CT molecular complexity index is 917. The number of aryl methyl sites for hydroxylation is 2. The normalized spacial score (nSPS) is 11.6. The fourth-order valence-electron chi connectivity index (χ4n) is 2.53. The van der Waals surface area contributed by atoms with Gasteiger partial charge in [0.2, 0.25) is 0 Å². The maximum Gasteiger partial charge on any atom is 0.184 e. The highest BCUT2D eigenvalue weighted by atomic mass is 32.2. The van der Waals surface area contributed by atoms with E-state index in [1.807, 2.05) is 44.4 Å². The highest BCUT2D eigenvalue weighted by molar-refractivity contribution is 8.13. The molecule has 0 unspecified atom stereocenters. The molecule has 0 fully saturated rings. The van der Waals surface area contributed by atoms with Crippen LogP contribution in [0.1, 0.15) is 11.3 Å². The Hall–Kier alpha value is -2.60. The van der Waals surface area contributed by atoms with E-state index in [2.05, 4.69) is 20.5 Å². The zero-order valence-corrected chi connectivity index (χ0v) is 15.1. The van der Waals surface area contributed by atoms with Crippen molar-refractivity contribution in [1.82, 2.24) is 10.2 Å². The van der Waals surface area contributed by atoms with E-state index >= 15 is 0 Å². The molecule has 3 rings (SSSR count). The maximum atomic E-state index is 14.2. The lowest BCUT2D eigenvalue weighted by atomic mass is 10.1. The third kappa shape index (κ3) is 3.74. The van der Waals surface area contributed by atoms with Crippen LogP contribution in [0.2, 0.25) is 0 Å². The van der Waals surface area contributed by atoms with E-state index in [0.29, 0.717) is 22.1 Å². The van der Waals surface area contributed by atoms with Gasteiger partial charge in [0, 0.05) is 16.9 Å². The van der Waals surface area contributed by atoms with Gasteiger partial charge in [-0.15, -0.1) is 0 Å². The molecule has 25 heavy (non-hydrogen) atoms. The van der Waals surface area contributed by atoms with Crippen molar-refractivity contribution in [2.75, 3.05) is 11.6 Å². The van der Waals surface area contributed by atoms with Crippen LogP contribution in [-0.2, 0) is 0 Å². The average molecular weight is 354 g/mol. The number of nitrogens with one attached hydrogen (secondary N) is 2. The van der Waals surface area contributed by atoms with Crippen LogP contribution < -0.4 is 5.32 Å². The van der Waals surface area contributed by atoms with Crippen LogP contribution in [0.3, 0.4) is 0 Å².